The number of carboxylic acids is 1. The monoisotopic (exact) mass is 1010 g/mol. The third-order valence-electron chi connectivity index (χ3n) is 15.9. The van der Waals surface area contributed by atoms with Gasteiger partial charge in [-0.1, -0.05) is 53.2 Å². The zero-order valence-corrected chi connectivity index (χ0v) is 38.9. The first-order valence-electron chi connectivity index (χ1n) is 22.2. The number of carbonyl (C=O) groups is 6. The van der Waals surface area contributed by atoms with Crippen LogP contribution < -0.4 is 16.0 Å². The first-order chi connectivity index (χ1) is 31.0. The molecule has 1 aromatic rings. The number of amides is 3. The van der Waals surface area contributed by atoms with Crippen molar-refractivity contribution in [3.8, 4) is 0 Å². The number of alkyl halides is 3. The summed E-state index contributed by atoms with van der Waals surface area (Å²) in [6.45, 7) is 1.69. The fourth-order valence-corrected chi connectivity index (χ4v) is 13.5. The van der Waals surface area contributed by atoms with Crippen molar-refractivity contribution in [3.05, 3.63) is 59.2 Å². The average molecular weight is 1010 g/mol. The predicted molar refractivity (Wildman–Crippen MR) is 231 cm³/mol. The van der Waals surface area contributed by atoms with Crippen molar-refractivity contribution in [3.63, 3.8) is 0 Å². The molecular formula is C45H55BrF2N3O14P. The molecular weight excluding hydrogens is 955 g/mol. The molecule has 17 nitrogen and oxygen atoms in total. The highest BCUT2D eigenvalue weighted by molar-refractivity contribution is 9.09. The highest BCUT2D eigenvalue weighted by Crippen LogP contribution is 2.73. The fourth-order valence-electron chi connectivity index (χ4n) is 13.0. The second-order valence-corrected chi connectivity index (χ2v) is 21.7. The van der Waals surface area contributed by atoms with Crippen LogP contribution in [0, 0.1) is 34.0 Å². The van der Waals surface area contributed by atoms with Crippen LogP contribution in [0.2, 0.25) is 0 Å². The molecule has 1 spiro atoms. The summed E-state index contributed by atoms with van der Waals surface area (Å²) >= 11 is 2.99. The minimum atomic E-state index is -5.14. The Kier molecular flexibility index (Phi) is 13.0. The number of Topliss-reactive ketones (excluding diaryl/α,β-unsaturated/α-hetero) is 1. The number of aliphatic hydroxyl groups excluding tert-OH is 1. The summed E-state index contributed by atoms with van der Waals surface area (Å²) in [5, 5.41) is 28.9. The molecule has 6 aliphatic carbocycles. The Bertz CT molecular complexity index is 2280. The van der Waals surface area contributed by atoms with E-state index < -0.39 is 114 Å². The van der Waals surface area contributed by atoms with E-state index in [9.17, 15) is 48.2 Å². The van der Waals surface area contributed by atoms with Crippen molar-refractivity contribution in [1.82, 2.24) is 16.0 Å². The molecule has 1 saturated heterocycles. The number of benzene rings is 1. The normalized spacial score (nSPS) is 38.9. The van der Waals surface area contributed by atoms with Gasteiger partial charge in [-0.2, -0.15) is 0 Å². The van der Waals surface area contributed by atoms with Crippen LogP contribution in [0.4, 0.5) is 8.78 Å². The number of aliphatic hydroxyl groups is 1. The Morgan fingerprint density at radius 2 is 1.71 bits per heavy atom. The number of phosphoric acid groups is 1. The van der Waals surface area contributed by atoms with Crippen LogP contribution in [0.5, 0.6) is 0 Å². The average Bonchev–Trinajstić information content (AvgIpc) is 3.73. The standard InChI is InChI=1S/C45H55BrF2N3O14P/c1-41-10-9-27(52)12-30(41)31(47)13-29-28-14-35-45(34(54)22-63-66(60,61)62,42(28,2)19-33(53)44(29,41)48)65-40(64-35)25-5-3-23(4-6-25)11-24-15-43(16-24)17-26(18-43)50-39(59)32(7-8-38(57)58)51-37(56)21-49-36(55)20-46/h3-6,9-10,12,24,26,28-29,31-33,35,40,53H,7-8,11,13-22H2,1-2H3,(H,49,55)(H,50,59)(H,51,56)(H,57,58)(H2,60,61,62)/t24?,26?,28-,29-,31-,32-,33-,35+,40+,41-,42-,43?,44-,45+/m0/s1. The molecule has 66 heavy (non-hydrogen) atoms. The number of carbonyl (C=O) groups excluding carboxylic acids is 5. The highest BCUT2D eigenvalue weighted by atomic mass is 79.9. The number of halogens is 3. The van der Waals surface area contributed by atoms with Crippen LogP contribution in [0.15, 0.2) is 48.1 Å². The Labute approximate surface area is 387 Å². The lowest BCUT2D eigenvalue weighted by molar-refractivity contribution is -0.235. The van der Waals surface area contributed by atoms with Crippen molar-refractivity contribution < 1.29 is 76.1 Å². The van der Waals surface area contributed by atoms with Crippen LogP contribution in [0.3, 0.4) is 0 Å². The van der Waals surface area contributed by atoms with Gasteiger partial charge in [0, 0.05) is 34.8 Å². The van der Waals surface area contributed by atoms with E-state index in [1.165, 1.54) is 19.1 Å². The molecule has 8 rings (SSSR count). The third kappa shape index (κ3) is 8.45. The maximum absolute atomic E-state index is 17.9. The first kappa shape index (κ1) is 48.7. The number of carboxylic acid groups (broad SMARTS) is 1. The van der Waals surface area contributed by atoms with Gasteiger partial charge in [-0.3, -0.25) is 33.3 Å². The van der Waals surface area contributed by atoms with E-state index in [0.717, 1.165) is 43.7 Å². The molecule has 21 heteroatoms. The lowest BCUT2D eigenvalue weighted by Crippen LogP contribution is -2.70. The lowest BCUT2D eigenvalue weighted by atomic mass is 9.44. The van der Waals surface area contributed by atoms with Crippen LogP contribution in [-0.2, 0) is 53.8 Å². The number of rotatable bonds is 16. The summed E-state index contributed by atoms with van der Waals surface area (Å²) in [7, 11) is -5.14. The minimum Gasteiger partial charge on any atom is -0.481 e. The van der Waals surface area contributed by atoms with Gasteiger partial charge >= 0.3 is 13.8 Å². The Morgan fingerprint density at radius 3 is 2.36 bits per heavy atom. The molecule has 7 aliphatic rings. The van der Waals surface area contributed by atoms with E-state index in [-0.39, 0.29) is 61.0 Å². The molecule has 1 heterocycles. The summed E-state index contributed by atoms with van der Waals surface area (Å²) in [5.74, 6) is -5.57. The SMILES string of the molecule is C[C@]12C=CC(=O)C=C1[C@@H](F)C[C@H]1[C@@H]3C[C@H]4O[C@@H](c5ccc(CC6CC7(C6)CC(NC(=O)[C@H](CCC(=O)O)NC(=O)CNC(=O)CBr)C7)cc5)O[C@@]4(C(=O)COP(=O)(O)O)[C@@]3(C)C[C@H](O)[C@@]12F. The van der Waals surface area contributed by atoms with Gasteiger partial charge in [0.1, 0.15) is 18.8 Å². The summed E-state index contributed by atoms with van der Waals surface area (Å²) in [4.78, 5) is 93.9. The number of aliphatic carboxylic acids is 1. The number of allylic oxidation sites excluding steroid dienone is 4. The molecule has 0 aromatic heterocycles. The first-order valence-corrected chi connectivity index (χ1v) is 24.9. The molecule has 3 amide bonds. The number of hydrogen-bond donors (Lipinski definition) is 7. The highest BCUT2D eigenvalue weighted by Gasteiger charge is 2.80. The lowest BCUT2D eigenvalue weighted by Gasteiger charge is -2.63. The molecule has 11 atom stereocenters. The molecule has 1 aliphatic heterocycles. The van der Waals surface area contributed by atoms with E-state index in [0.29, 0.717) is 11.5 Å². The molecule has 0 unspecified atom stereocenters. The summed E-state index contributed by atoms with van der Waals surface area (Å²) in [6.07, 6.45) is 0.781. The third-order valence-corrected chi connectivity index (χ3v) is 16.9. The van der Waals surface area contributed by atoms with Crippen molar-refractivity contribution in [2.45, 2.75) is 126 Å². The number of nitrogens with one attached hydrogen (secondary N) is 3. The topological polar surface area (TPSA) is 264 Å². The summed E-state index contributed by atoms with van der Waals surface area (Å²) < 4.78 is 63.5. The number of ether oxygens (including phenoxy) is 2. The molecule has 1 aromatic carbocycles. The Morgan fingerprint density at radius 1 is 1.02 bits per heavy atom. The molecule has 0 radical (unpaired) electrons. The minimum absolute atomic E-state index is 0.00158. The molecule has 360 valence electrons. The van der Waals surface area contributed by atoms with Crippen LogP contribution in [0.25, 0.3) is 0 Å². The zero-order chi connectivity index (χ0) is 47.8. The summed E-state index contributed by atoms with van der Waals surface area (Å²) in [6, 6.07) is 6.21. The van der Waals surface area contributed by atoms with Crippen molar-refractivity contribution in [1.29, 1.82) is 0 Å². The number of fused-ring (bicyclic) bond motifs is 7. The van der Waals surface area contributed by atoms with Gasteiger partial charge in [-0.15, -0.1) is 0 Å². The number of hydrogen-bond acceptors (Lipinski definition) is 11. The summed E-state index contributed by atoms with van der Waals surface area (Å²) in [5.41, 5.74) is -5.93. The smallest absolute Gasteiger partial charge is 0.470 e. The molecule has 0 bridgehead atoms. The second-order valence-electron chi connectivity index (χ2n) is 19.9. The van der Waals surface area contributed by atoms with Crippen LogP contribution in [-0.4, -0.2) is 115 Å². The van der Waals surface area contributed by atoms with Crippen LogP contribution in [0.1, 0.15) is 89.1 Å². The van der Waals surface area contributed by atoms with Crippen molar-refractivity contribution in [2.75, 3.05) is 18.5 Å². The van der Waals surface area contributed by atoms with Crippen LogP contribution >= 0.6 is 23.8 Å². The quantitative estimate of drug-likeness (QED) is 0.0924. The van der Waals surface area contributed by atoms with Gasteiger partial charge in [0.25, 0.3) is 0 Å². The van der Waals surface area contributed by atoms with E-state index >= 15 is 8.78 Å². The molecule has 6 fully saturated rings. The van der Waals surface area contributed by atoms with E-state index in [4.69, 9.17) is 14.6 Å². The van der Waals surface area contributed by atoms with Gasteiger partial charge in [0.15, 0.2) is 29.1 Å². The predicted octanol–water partition coefficient (Wildman–Crippen LogP) is 3.52. The van der Waals surface area contributed by atoms with E-state index in [1.807, 2.05) is 12.1 Å². The van der Waals surface area contributed by atoms with Crippen molar-refractivity contribution in [2.24, 2.45) is 34.0 Å². The van der Waals surface area contributed by atoms with Gasteiger partial charge in [0.2, 0.25) is 17.7 Å². The molecule has 7 N–H and O–H groups in total. The number of ketones is 2. The van der Waals surface area contributed by atoms with Crippen molar-refractivity contribution >= 4 is 59.0 Å². The van der Waals surface area contributed by atoms with E-state index in [1.54, 1.807) is 19.1 Å². The zero-order valence-electron chi connectivity index (χ0n) is 36.4. The maximum Gasteiger partial charge on any atom is 0.470 e. The van der Waals surface area contributed by atoms with Gasteiger partial charge < -0.3 is 45.4 Å². The Balaban J connectivity index is 0.904. The van der Waals surface area contributed by atoms with Gasteiger partial charge in [0.05, 0.1) is 24.1 Å². The number of phosphoric ester groups is 1. The fraction of sp³-hybridized carbons (Fsp3) is 0.644. The van der Waals surface area contributed by atoms with E-state index in [2.05, 4.69) is 36.4 Å². The second kappa shape index (κ2) is 17.6. The Hall–Kier alpha value is -3.75. The largest absolute Gasteiger partial charge is 0.481 e. The maximum atomic E-state index is 17.9. The van der Waals surface area contributed by atoms with Gasteiger partial charge in [-0.25, -0.2) is 13.3 Å². The molecule has 5 saturated carbocycles. The van der Waals surface area contributed by atoms with Gasteiger partial charge in [-0.05, 0) is 105 Å².